The molecule has 0 saturated carbocycles. The van der Waals surface area contributed by atoms with E-state index in [9.17, 15) is 9.59 Å². The van der Waals surface area contributed by atoms with Crippen molar-refractivity contribution >= 4 is 5.91 Å². The van der Waals surface area contributed by atoms with Crippen LogP contribution in [0.1, 0.15) is 62.5 Å². The monoisotopic (exact) mass is 319 g/mol. The van der Waals surface area contributed by atoms with Gasteiger partial charge in [-0.2, -0.15) is 0 Å². The molecule has 2 heterocycles. The highest BCUT2D eigenvalue weighted by molar-refractivity contribution is 5.76. The van der Waals surface area contributed by atoms with Crippen molar-refractivity contribution in [2.24, 2.45) is 5.92 Å². The topological polar surface area (TPSA) is 66.1 Å². The molecule has 23 heavy (non-hydrogen) atoms. The third-order valence-corrected chi connectivity index (χ3v) is 4.83. The number of aromatic nitrogens is 2. The lowest BCUT2D eigenvalue weighted by Crippen LogP contribution is -2.32. The van der Waals surface area contributed by atoms with Gasteiger partial charge < -0.3 is 9.88 Å². The molecular formula is C18H29N3O2. The van der Waals surface area contributed by atoms with Gasteiger partial charge in [-0.15, -0.1) is 0 Å². The molecule has 0 radical (unpaired) electrons. The molecule has 128 valence electrons. The Balaban J connectivity index is 1.91. The number of carbonyl (C=O) groups excluding carboxylic acids is 1. The number of amides is 1. The minimum Gasteiger partial charge on any atom is -0.343 e. The third kappa shape index (κ3) is 4.91. The fraction of sp³-hybridized carbons (Fsp3) is 0.722. The molecule has 0 aromatic carbocycles. The summed E-state index contributed by atoms with van der Waals surface area (Å²) in [7, 11) is 0. The molecule has 0 spiro atoms. The number of nitrogens with zero attached hydrogens (tertiary/aromatic N) is 2. The van der Waals surface area contributed by atoms with E-state index in [1.165, 1.54) is 19.3 Å². The summed E-state index contributed by atoms with van der Waals surface area (Å²) in [6.07, 6.45) is 6.81. The summed E-state index contributed by atoms with van der Waals surface area (Å²) in [6, 6.07) is 0. The third-order valence-electron chi connectivity index (χ3n) is 4.83. The molecule has 1 aliphatic rings. The first-order chi connectivity index (χ1) is 11.0. The summed E-state index contributed by atoms with van der Waals surface area (Å²) < 4.78 is 0. The van der Waals surface area contributed by atoms with Crippen molar-refractivity contribution in [3.8, 4) is 0 Å². The molecule has 0 aliphatic carbocycles. The van der Waals surface area contributed by atoms with Crippen LogP contribution in [0.15, 0.2) is 4.79 Å². The fourth-order valence-electron chi connectivity index (χ4n) is 3.55. The van der Waals surface area contributed by atoms with Crippen LogP contribution in [0.2, 0.25) is 0 Å². The number of hydrogen-bond donors (Lipinski definition) is 1. The minimum atomic E-state index is -0.110. The number of nitrogens with one attached hydrogen (secondary N) is 1. The quantitative estimate of drug-likeness (QED) is 0.907. The Bertz CT molecular complexity index is 594. The number of H-pyrrole nitrogens is 1. The summed E-state index contributed by atoms with van der Waals surface area (Å²) in [5.74, 6) is 1.56. The molecule has 5 nitrogen and oxygen atoms in total. The van der Waals surface area contributed by atoms with Gasteiger partial charge in [0.15, 0.2) is 0 Å². The SMILES string of the molecule is CCC[C@H]1CCCN(C(=O)CCc2c(C)nc(C)[nH]c2=O)CC1. The summed E-state index contributed by atoms with van der Waals surface area (Å²) in [5, 5.41) is 0. The van der Waals surface area contributed by atoms with Crippen molar-refractivity contribution in [3.05, 3.63) is 27.4 Å². The predicted molar refractivity (Wildman–Crippen MR) is 91.5 cm³/mol. The standard InChI is InChI=1S/C18H29N3O2/c1-4-6-15-7-5-11-21(12-10-15)17(22)9-8-16-13(2)19-14(3)20-18(16)23/h15H,4-12H2,1-3H3,(H,19,20,23)/t15-/m0/s1. The molecule has 5 heteroatoms. The zero-order valence-corrected chi connectivity index (χ0v) is 14.7. The van der Waals surface area contributed by atoms with Gasteiger partial charge in [0.1, 0.15) is 5.82 Å². The Hall–Kier alpha value is -1.65. The maximum Gasteiger partial charge on any atom is 0.254 e. The van der Waals surface area contributed by atoms with E-state index in [0.717, 1.165) is 37.5 Å². The van der Waals surface area contributed by atoms with Crippen molar-refractivity contribution in [1.29, 1.82) is 0 Å². The van der Waals surface area contributed by atoms with Crippen LogP contribution in [0.4, 0.5) is 0 Å². The highest BCUT2D eigenvalue weighted by Gasteiger charge is 2.20. The summed E-state index contributed by atoms with van der Waals surface area (Å²) >= 11 is 0. The van der Waals surface area contributed by atoms with Crippen LogP contribution in [0.5, 0.6) is 0 Å². The van der Waals surface area contributed by atoms with Crippen LogP contribution >= 0.6 is 0 Å². The molecule has 2 rings (SSSR count). The van der Waals surface area contributed by atoms with Crippen LogP contribution in [-0.2, 0) is 11.2 Å². The second kappa shape index (κ2) is 8.27. The summed E-state index contributed by atoms with van der Waals surface area (Å²) in [5.41, 5.74) is 1.27. The van der Waals surface area contributed by atoms with E-state index in [-0.39, 0.29) is 11.5 Å². The van der Waals surface area contributed by atoms with Gasteiger partial charge in [0, 0.05) is 30.8 Å². The first kappa shape index (κ1) is 17.7. The van der Waals surface area contributed by atoms with Crippen molar-refractivity contribution in [3.63, 3.8) is 0 Å². The van der Waals surface area contributed by atoms with Gasteiger partial charge in [0.2, 0.25) is 5.91 Å². The van der Waals surface area contributed by atoms with E-state index < -0.39 is 0 Å². The molecule has 1 amide bonds. The van der Waals surface area contributed by atoms with Crippen LogP contribution in [0, 0.1) is 19.8 Å². The highest BCUT2D eigenvalue weighted by Crippen LogP contribution is 2.22. The zero-order valence-electron chi connectivity index (χ0n) is 14.7. The van der Waals surface area contributed by atoms with Gasteiger partial charge in [-0.3, -0.25) is 9.59 Å². The van der Waals surface area contributed by atoms with E-state index in [1.54, 1.807) is 6.92 Å². The second-order valence-electron chi connectivity index (χ2n) is 6.68. The number of carbonyl (C=O) groups is 1. The van der Waals surface area contributed by atoms with Crippen molar-refractivity contribution in [2.45, 2.75) is 65.7 Å². The molecule has 1 aromatic rings. The lowest BCUT2D eigenvalue weighted by atomic mass is 9.96. The van der Waals surface area contributed by atoms with E-state index in [2.05, 4.69) is 16.9 Å². The molecule has 1 fully saturated rings. The Labute approximate surface area is 138 Å². The maximum atomic E-state index is 12.5. The van der Waals surface area contributed by atoms with E-state index in [1.807, 2.05) is 11.8 Å². The van der Waals surface area contributed by atoms with Crippen LogP contribution in [0.3, 0.4) is 0 Å². The smallest absolute Gasteiger partial charge is 0.254 e. The molecule has 0 unspecified atom stereocenters. The highest BCUT2D eigenvalue weighted by atomic mass is 16.2. The average molecular weight is 319 g/mol. The molecule has 1 saturated heterocycles. The Kier molecular flexibility index (Phi) is 6.37. The van der Waals surface area contributed by atoms with Gasteiger partial charge in [0.25, 0.3) is 5.56 Å². The van der Waals surface area contributed by atoms with E-state index >= 15 is 0 Å². The van der Waals surface area contributed by atoms with E-state index in [4.69, 9.17) is 0 Å². The second-order valence-corrected chi connectivity index (χ2v) is 6.68. The molecular weight excluding hydrogens is 290 g/mol. The van der Waals surface area contributed by atoms with Crippen molar-refractivity contribution < 1.29 is 4.79 Å². The maximum absolute atomic E-state index is 12.5. The zero-order chi connectivity index (χ0) is 16.8. The first-order valence-corrected chi connectivity index (χ1v) is 8.85. The van der Waals surface area contributed by atoms with Gasteiger partial charge in [-0.25, -0.2) is 4.98 Å². The lowest BCUT2D eigenvalue weighted by molar-refractivity contribution is -0.131. The Morgan fingerprint density at radius 1 is 1.30 bits per heavy atom. The van der Waals surface area contributed by atoms with Gasteiger partial charge in [0.05, 0.1) is 0 Å². The molecule has 1 atom stereocenters. The molecule has 0 bridgehead atoms. The van der Waals surface area contributed by atoms with Gasteiger partial charge >= 0.3 is 0 Å². The summed E-state index contributed by atoms with van der Waals surface area (Å²) in [4.78, 5) is 33.5. The Morgan fingerprint density at radius 2 is 2.09 bits per heavy atom. The molecule has 1 aromatic heterocycles. The van der Waals surface area contributed by atoms with Crippen molar-refractivity contribution in [2.75, 3.05) is 13.1 Å². The largest absolute Gasteiger partial charge is 0.343 e. The average Bonchev–Trinajstić information content (AvgIpc) is 2.72. The number of aromatic amines is 1. The van der Waals surface area contributed by atoms with Crippen molar-refractivity contribution in [1.82, 2.24) is 14.9 Å². The van der Waals surface area contributed by atoms with E-state index in [0.29, 0.717) is 24.2 Å². The number of hydrogen-bond acceptors (Lipinski definition) is 3. The van der Waals surface area contributed by atoms with Crippen LogP contribution in [0.25, 0.3) is 0 Å². The van der Waals surface area contributed by atoms with Crippen LogP contribution < -0.4 is 5.56 Å². The number of aryl methyl sites for hydroxylation is 2. The lowest BCUT2D eigenvalue weighted by Gasteiger charge is -2.20. The first-order valence-electron chi connectivity index (χ1n) is 8.85. The fourth-order valence-corrected chi connectivity index (χ4v) is 3.55. The van der Waals surface area contributed by atoms with Crippen LogP contribution in [-0.4, -0.2) is 33.9 Å². The number of likely N-dealkylation sites (tertiary alicyclic amines) is 1. The summed E-state index contributed by atoms with van der Waals surface area (Å²) in [6.45, 7) is 7.56. The van der Waals surface area contributed by atoms with Gasteiger partial charge in [-0.1, -0.05) is 19.8 Å². The number of rotatable bonds is 5. The van der Waals surface area contributed by atoms with Gasteiger partial charge in [-0.05, 0) is 45.4 Å². The molecule has 1 aliphatic heterocycles. The predicted octanol–water partition coefficient (Wildman–Crippen LogP) is 2.75. The normalized spacial score (nSPS) is 18.7. The molecule has 1 N–H and O–H groups in total. The minimum absolute atomic E-state index is 0.110. The Morgan fingerprint density at radius 3 is 2.78 bits per heavy atom.